The molecule has 2 N–H and O–H groups in total. The number of hydrogen-bond acceptors (Lipinski definition) is 3. The molecule has 0 aliphatic carbocycles. The summed E-state index contributed by atoms with van der Waals surface area (Å²) in [6.07, 6.45) is 0. The third kappa shape index (κ3) is 2.38. The highest BCUT2D eigenvalue weighted by Crippen LogP contribution is 2.26. The summed E-state index contributed by atoms with van der Waals surface area (Å²) in [5, 5.41) is 0. The van der Waals surface area contributed by atoms with E-state index in [1.807, 2.05) is 55.4 Å². The molecule has 0 bridgehead atoms. The maximum Gasteiger partial charge on any atom is 0.323 e. The first-order valence-corrected chi connectivity index (χ1v) is 6.29. The van der Waals surface area contributed by atoms with E-state index in [-0.39, 0.29) is 5.69 Å². The van der Waals surface area contributed by atoms with Gasteiger partial charge >= 0.3 is 5.69 Å². The molecule has 0 aliphatic rings. The fourth-order valence-corrected chi connectivity index (χ4v) is 2.04. The van der Waals surface area contributed by atoms with Crippen molar-refractivity contribution >= 4 is 16.7 Å². The Morgan fingerprint density at radius 1 is 0.950 bits per heavy atom. The molecule has 0 saturated carbocycles. The van der Waals surface area contributed by atoms with Crippen molar-refractivity contribution in [3.63, 3.8) is 0 Å². The van der Waals surface area contributed by atoms with Crippen LogP contribution in [0.1, 0.15) is 0 Å². The lowest BCUT2D eigenvalue weighted by Crippen LogP contribution is -2.08. The molecule has 0 atom stereocenters. The third-order valence-electron chi connectivity index (χ3n) is 3.06. The van der Waals surface area contributed by atoms with Crippen LogP contribution in [0.2, 0.25) is 0 Å². The second-order valence-corrected chi connectivity index (χ2v) is 4.78. The predicted octanol–water partition coefficient (Wildman–Crippen LogP) is 2.71. The zero-order chi connectivity index (χ0) is 14.1. The SMILES string of the molecule is CN(C)c1cccc(Oc2ccc3[nH]c(=O)[nH]c3c2)c1. The van der Waals surface area contributed by atoms with Crippen molar-refractivity contribution in [2.24, 2.45) is 0 Å². The van der Waals surface area contributed by atoms with Gasteiger partial charge in [0.05, 0.1) is 11.0 Å². The van der Waals surface area contributed by atoms with Crippen molar-refractivity contribution in [3.05, 3.63) is 52.9 Å². The molecule has 102 valence electrons. The van der Waals surface area contributed by atoms with E-state index in [2.05, 4.69) is 9.97 Å². The summed E-state index contributed by atoms with van der Waals surface area (Å²) in [5.41, 5.74) is 2.35. The smallest absolute Gasteiger partial charge is 0.323 e. The molecular formula is C15H15N3O2. The largest absolute Gasteiger partial charge is 0.457 e. The lowest BCUT2D eigenvalue weighted by atomic mass is 10.2. The Morgan fingerprint density at radius 3 is 2.50 bits per heavy atom. The van der Waals surface area contributed by atoms with Crippen molar-refractivity contribution in [2.75, 3.05) is 19.0 Å². The van der Waals surface area contributed by atoms with Crippen molar-refractivity contribution < 1.29 is 4.74 Å². The molecule has 5 nitrogen and oxygen atoms in total. The first-order valence-electron chi connectivity index (χ1n) is 6.29. The highest BCUT2D eigenvalue weighted by molar-refractivity contribution is 5.76. The number of hydrogen-bond donors (Lipinski definition) is 2. The highest BCUT2D eigenvalue weighted by Gasteiger charge is 2.03. The Labute approximate surface area is 115 Å². The number of rotatable bonds is 3. The molecule has 3 rings (SSSR count). The van der Waals surface area contributed by atoms with Crippen LogP contribution in [0.15, 0.2) is 47.3 Å². The number of nitrogens with one attached hydrogen (secondary N) is 2. The van der Waals surface area contributed by atoms with Gasteiger partial charge in [0, 0.05) is 31.9 Å². The van der Waals surface area contributed by atoms with Gasteiger partial charge in [-0.25, -0.2) is 4.79 Å². The van der Waals surface area contributed by atoms with Crippen LogP contribution in [-0.2, 0) is 0 Å². The van der Waals surface area contributed by atoms with Crippen molar-refractivity contribution in [2.45, 2.75) is 0 Å². The Balaban J connectivity index is 1.92. The van der Waals surface area contributed by atoms with Gasteiger partial charge in [0.2, 0.25) is 0 Å². The van der Waals surface area contributed by atoms with E-state index >= 15 is 0 Å². The molecule has 0 amide bonds. The van der Waals surface area contributed by atoms with Gasteiger partial charge in [0.1, 0.15) is 11.5 Å². The quantitative estimate of drug-likeness (QED) is 0.768. The van der Waals surface area contributed by atoms with Gasteiger partial charge in [-0.1, -0.05) is 6.07 Å². The second kappa shape index (κ2) is 4.77. The lowest BCUT2D eigenvalue weighted by molar-refractivity contribution is 0.483. The van der Waals surface area contributed by atoms with Crippen LogP contribution < -0.4 is 15.3 Å². The van der Waals surface area contributed by atoms with Crippen LogP contribution in [0.4, 0.5) is 5.69 Å². The van der Waals surface area contributed by atoms with E-state index in [9.17, 15) is 4.79 Å². The van der Waals surface area contributed by atoms with Crippen LogP contribution in [0.25, 0.3) is 11.0 Å². The summed E-state index contributed by atoms with van der Waals surface area (Å²) >= 11 is 0. The van der Waals surface area contributed by atoms with Crippen LogP contribution in [0.3, 0.4) is 0 Å². The van der Waals surface area contributed by atoms with Gasteiger partial charge < -0.3 is 19.6 Å². The summed E-state index contributed by atoms with van der Waals surface area (Å²) in [4.78, 5) is 18.6. The molecule has 0 radical (unpaired) electrons. The van der Waals surface area contributed by atoms with Crippen molar-refractivity contribution in [1.29, 1.82) is 0 Å². The van der Waals surface area contributed by atoms with E-state index in [0.29, 0.717) is 5.75 Å². The third-order valence-corrected chi connectivity index (χ3v) is 3.06. The first kappa shape index (κ1) is 12.3. The molecule has 0 spiro atoms. The van der Waals surface area contributed by atoms with E-state index < -0.39 is 0 Å². The highest BCUT2D eigenvalue weighted by atomic mass is 16.5. The van der Waals surface area contributed by atoms with Gasteiger partial charge in [-0.15, -0.1) is 0 Å². The minimum atomic E-state index is -0.216. The van der Waals surface area contributed by atoms with Gasteiger partial charge in [-0.2, -0.15) is 0 Å². The zero-order valence-electron chi connectivity index (χ0n) is 11.3. The molecule has 0 saturated heterocycles. The normalized spacial score (nSPS) is 10.7. The van der Waals surface area contributed by atoms with Crippen LogP contribution in [0, 0.1) is 0 Å². The minimum Gasteiger partial charge on any atom is -0.457 e. The van der Waals surface area contributed by atoms with Gasteiger partial charge in [0.15, 0.2) is 0 Å². The average Bonchev–Trinajstić information content (AvgIpc) is 2.78. The Morgan fingerprint density at radius 2 is 1.70 bits per heavy atom. The van der Waals surface area contributed by atoms with E-state index in [1.165, 1.54) is 0 Å². The summed E-state index contributed by atoms with van der Waals surface area (Å²) in [6.45, 7) is 0. The van der Waals surface area contributed by atoms with Gasteiger partial charge in [0.25, 0.3) is 0 Å². The summed E-state index contributed by atoms with van der Waals surface area (Å²) < 4.78 is 5.82. The van der Waals surface area contributed by atoms with E-state index in [0.717, 1.165) is 22.5 Å². The Hall–Kier alpha value is -2.69. The summed E-state index contributed by atoms with van der Waals surface area (Å²) in [5.74, 6) is 1.44. The molecule has 2 aromatic carbocycles. The standard InChI is InChI=1S/C15H15N3O2/c1-18(2)10-4-3-5-11(8-10)20-12-6-7-13-14(9-12)17-15(19)16-13/h3-9H,1-2H3,(H2,16,17,19). The average molecular weight is 269 g/mol. The molecular weight excluding hydrogens is 254 g/mol. The fourth-order valence-electron chi connectivity index (χ4n) is 2.04. The minimum absolute atomic E-state index is 0.216. The Bertz CT molecular complexity index is 802. The number of imidazole rings is 1. The number of benzene rings is 2. The second-order valence-electron chi connectivity index (χ2n) is 4.78. The lowest BCUT2D eigenvalue weighted by Gasteiger charge is -2.13. The summed E-state index contributed by atoms with van der Waals surface area (Å²) in [7, 11) is 3.96. The molecule has 0 aliphatic heterocycles. The number of H-pyrrole nitrogens is 2. The maximum atomic E-state index is 11.2. The molecule has 0 unspecified atom stereocenters. The first-order chi connectivity index (χ1) is 9.61. The van der Waals surface area contributed by atoms with Gasteiger partial charge in [-0.3, -0.25) is 0 Å². The molecule has 1 heterocycles. The van der Waals surface area contributed by atoms with Crippen LogP contribution in [0.5, 0.6) is 11.5 Å². The number of aromatic amines is 2. The van der Waals surface area contributed by atoms with E-state index in [4.69, 9.17) is 4.74 Å². The maximum absolute atomic E-state index is 11.2. The Kier molecular flexibility index (Phi) is 2.95. The number of aromatic nitrogens is 2. The van der Waals surface area contributed by atoms with Crippen LogP contribution >= 0.6 is 0 Å². The molecule has 20 heavy (non-hydrogen) atoms. The van der Waals surface area contributed by atoms with Gasteiger partial charge in [-0.05, 0) is 24.3 Å². The topological polar surface area (TPSA) is 61.1 Å². The molecule has 3 aromatic rings. The zero-order valence-corrected chi connectivity index (χ0v) is 11.3. The van der Waals surface area contributed by atoms with E-state index in [1.54, 1.807) is 6.07 Å². The predicted molar refractivity (Wildman–Crippen MR) is 79.8 cm³/mol. The number of ether oxygens (including phenoxy) is 1. The molecule has 0 fully saturated rings. The number of nitrogens with zero attached hydrogens (tertiary/aromatic N) is 1. The number of anilines is 1. The number of fused-ring (bicyclic) bond motifs is 1. The summed E-state index contributed by atoms with van der Waals surface area (Å²) in [6, 6.07) is 13.3. The molecule has 1 aromatic heterocycles. The van der Waals surface area contributed by atoms with Crippen molar-refractivity contribution in [3.8, 4) is 11.5 Å². The van der Waals surface area contributed by atoms with Crippen LogP contribution in [-0.4, -0.2) is 24.1 Å². The monoisotopic (exact) mass is 269 g/mol. The molecule has 5 heteroatoms. The van der Waals surface area contributed by atoms with Crippen molar-refractivity contribution in [1.82, 2.24) is 9.97 Å². The fraction of sp³-hybridized carbons (Fsp3) is 0.133.